The third kappa shape index (κ3) is 5.16. The molecule has 1 amide bonds. The lowest BCUT2D eigenvalue weighted by molar-refractivity contribution is -0.120. The molecule has 0 aromatic heterocycles. The van der Waals surface area contributed by atoms with Crippen LogP contribution in [-0.2, 0) is 9.53 Å². The van der Waals surface area contributed by atoms with Crippen molar-refractivity contribution >= 4 is 23.2 Å². The smallest absolute Gasteiger partial charge is 0.239 e. The summed E-state index contributed by atoms with van der Waals surface area (Å²) in [5.74, 6) is -0.173. The molecular formula is C13H16ClN3O2. The number of anilines is 1. The fraction of sp³-hybridized carbons (Fsp3) is 0.385. The molecule has 2 N–H and O–H groups in total. The molecule has 0 aliphatic heterocycles. The molecule has 6 heteroatoms. The monoisotopic (exact) mass is 281 g/mol. The summed E-state index contributed by atoms with van der Waals surface area (Å²) in [6.45, 7) is 2.37. The Bertz CT molecular complexity index is 485. The Morgan fingerprint density at radius 3 is 2.95 bits per heavy atom. The van der Waals surface area contributed by atoms with Crippen LogP contribution >= 0.6 is 11.6 Å². The predicted octanol–water partition coefficient (Wildman–Crippen LogP) is 1.77. The van der Waals surface area contributed by atoms with Gasteiger partial charge >= 0.3 is 0 Å². The fourth-order valence-corrected chi connectivity index (χ4v) is 1.73. The van der Waals surface area contributed by atoms with Crippen molar-refractivity contribution in [1.82, 2.24) is 5.32 Å². The number of ether oxygens (including phenoxy) is 1. The topological polar surface area (TPSA) is 74.2 Å². The standard InChI is InChI=1S/C13H16ClN3O2/c1-9(8-19-2)17-13(18)7-16-12-5-11(14)4-3-10(12)6-15/h3-5,9,16H,7-8H2,1-2H3,(H,17,18). The molecule has 0 aliphatic rings. The van der Waals surface area contributed by atoms with E-state index < -0.39 is 0 Å². The van der Waals surface area contributed by atoms with E-state index in [0.717, 1.165) is 0 Å². The highest BCUT2D eigenvalue weighted by Crippen LogP contribution is 2.19. The van der Waals surface area contributed by atoms with Gasteiger partial charge in [-0.1, -0.05) is 11.6 Å². The Balaban J connectivity index is 2.55. The lowest BCUT2D eigenvalue weighted by atomic mass is 10.2. The van der Waals surface area contributed by atoms with Crippen molar-refractivity contribution < 1.29 is 9.53 Å². The van der Waals surface area contributed by atoms with E-state index in [1.807, 2.05) is 13.0 Å². The lowest BCUT2D eigenvalue weighted by Gasteiger charge is -2.14. The first-order chi connectivity index (χ1) is 9.06. The maximum absolute atomic E-state index is 11.6. The SMILES string of the molecule is COCC(C)NC(=O)CNc1cc(Cl)ccc1C#N. The van der Waals surface area contributed by atoms with Crippen molar-refractivity contribution in [3.63, 3.8) is 0 Å². The molecule has 0 spiro atoms. The van der Waals surface area contributed by atoms with Crippen LogP contribution in [0.5, 0.6) is 0 Å². The van der Waals surface area contributed by atoms with Gasteiger partial charge in [0.25, 0.3) is 0 Å². The van der Waals surface area contributed by atoms with Crippen LogP contribution in [0.15, 0.2) is 18.2 Å². The van der Waals surface area contributed by atoms with Crippen LogP contribution in [0.3, 0.4) is 0 Å². The van der Waals surface area contributed by atoms with Crippen LogP contribution in [0.25, 0.3) is 0 Å². The number of nitrogens with zero attached hydrogens (tertiary/aromatic N) is 1. The Hall–Kier alpha value is -1.77. The maximum Gasteiger partial charge on any atom is 0.239 e. The first-order valence-corrected chi connectivity index (χ1v) is 6.16. The summed E-state index contributed by atoms with van der Waals surface area (Å²) in [7, 11) is 1.58. The van der Waals surface area contributed by atoms with Crippen LogP contribution in [0, 0.1) is 11.3 Å². The van der Waals surface area contributed by atoms with Crippen LogP contribution in [0.2, 0.25) is 5.02 Å². The second-order valence-electron chi connectivity index (χ2n) is 4.08. The number of amides is 1. The van der Waals surface area contributed by atoms with Gasteiger partial charge in [0.1, 0.15) is 6.07 Å². The highest BCUT2D eigenvalue weighted by molar-refractivity contribution is 6.30. The Morgan fingerprint density at radius 1 is 1.58 bits per heavy atom. The first-order valence-electron chi connectivity index (χ1n) is 5.78. The van der Waals surface area contributed by atoms with Crippen molar-refractivity contribution in [2.45, 2.75) is 13.0 Å². The van der Waals surface area contributed by atoms with E-state index in [4.69, 9.17) is 21.6 Å². The van der Waals surface area contributed by atoms with Gasteiger partial charge in [0.05, 0.1) is 24.4 Å². The molecule has 0 fully saturated rings. The zero-order valence-electron chi connectivity index (χ0n) is 10.9. The molecule has 1 unspecified atom stereocenters. The van der Waals surface area contributed by atoms with Gasteiger partial charge in [-0.25, -0.2) is 0 Å². The second-order valence-corrected chi connectivity index (χ2v) is 4.52. The van der Waals surface area contributed by atoms with E-state index in [-0.39, 0.29) is 18.5 Å². The van der Waals surface area contributed by atoms with Crippen molar-refractivity contribution in [3.8, 4) is 6.07 Å². The van der Waals surface area contributed by atoms with Gasteiger partial charge in [-0.3, -0.25) is 4.79 Å². The van der Waals surface area contributed by atoms with Gasteiger partial charge in [0, 0.05) is 18.2 Å². The van der Waals surface area contributed by atoms with E-state index in [0.29, 0.717) is 22.9 Å². The number of carbonyl (C=O) groups excluding carboxylic acids is 1. The maximum atomic E-state index is 11.6. The quantitative estimate of drug-likeness (QED) is 0.833. The zero-order valence-corrected chi connectivity index (χ0v) is 11.6. The number of benzene rings is 1. The minimum Gasteiger partial charge on any atom is -0.383 e. The molecule has 0 bridgehead atoms. The molecule has 102 valence electrons. The molecule has 0 heterocycles. The van der Waals surface area contributed by atoms with Gasteiger partial charge in [-0.15, -0.1) is 0 Å². The summed E-state index contributed by atoms with van der Waals surface area (Å²) in [5.41, 5.74) is 0.992. The summed E-state index contributed by atoms with van der Waals surface area (Å²) < 4.78 is 4.92. The normalized spacial score (nSPS) is 11.5. The Kier molecular flexibility index (Phi) is 6.13. The third-order valence-electron chi connectivity index (χ3n) is 2.37. The van der Waals surface area contributed by atoms with Crippen LogP contribution in [0.1, 0.15) is 12.5 Å². The lowest BCUT2D eigenvalue weighted by Crippen LogP contribution is -2.39. The summed E-state index contributed by atoms with van der Waals surface area (Å²) in [4.78, 5) is 11.6. The summed E-state index contributed by atoms with van der Waals surface area (Å²) in [6, 6.07) is 6.83. The number of nitrogens with one attached hydrogen (secondary N) is 2. The molecule has 0 saturated carbocycles. The number of hydrogen-bond acceptors (Lipinski definition) is 4. The number of halogens is 1. The molecule has 19 heavy (non-hydrogen) atoms. The van der Waals surface area contributed by atoms with Gasteiger partial charge in [-0.2, -0.15) is 5.26 Å². The summed E-state index contributed by atoms with van der Waals surface area (Å²) in [6.07, 6.45) is 0. The van der Waals surface area contributed by atoms with E-state index in [2.05, 4.69) is 10.6 Å². The van der Waals surface area contributed by atoms with Gasteiger partial charge < -0.3 is 15.4 Å². The van der Waals surface area contributed by atoms with Crippen molar-refractivity contribution in [3.05, 3.63) is 28.8 Å². The Labute approximate surface area is 117 Å². The van der Waals surface area contributed by atoms with E-state index in [9.17, 15) is 4.79 Å². The number of rotatable bonds is 6. The van der Waals surface area contributed by atoms with Crippen LogP contribution in [0.4, 0.5) is 5.69 Å². The molecule has 1 atom stereocenters. The van der Waals surface area contributed by atoms with Crippen LogP contribution in [-0.4, -0.2) is 32.2 Å². The number of hydrogen-bond donors (Lipinski definition) is 2. The highest BCUT2D eigenvalue weighted by atomic mass is 35.5. The number of methoxy groups -OCH3 is 1. The molecule has 0 saturated heterocycles. The summed E-state index contributed by atoms with van der Waals surface area (Å²) in [5, 5.41) is 15.1. The molecule has 0 aliphatic carbocycles. The highest BCUT2D eigenvalue weighted by Gasteiger charge is 2.08. The van der Waals surface area contributed by atoms with Crippen molar-refractivity contribution in [2.75, 3.05) is 25.6 Å². The average Bonchev–Trinajstić information content (AvgIpc) is 2.36. The third-order valence-corrected chi connectivity index (χ3v) is 2.60. The number of nitriles is 1. The largest absolute Gasteiger partial charge is 0.383 e. The molecule has 0 radical (unpaired) electrons. The van der Waals surface area contributed by atoms with Crippen LogP contribution < -0.4 is 10.6 Å². The van der Waals surface area contributed by atoms with Gasteiger partial charge in [0.15, 0.2) is 0 Å². The molecule has 1 rings (SSSR count). The fourth-order valence-electron chi connectivity index (χ4n) is 1.55. The van der Waals surface area contributed by atoms with Crippen molar-refractivity contribution in [2.24, 2.45) is 0 Å². The molecule has 1 aromatic rings. The van der Waals surface area contributed by atoms with E-state index in [1.165, 1.54) is 0 Å². The van der Waals surface area contributed by atoms with E-state index >= 15 is 0 Å². The van der Waals surface area contributed by atoms with Gasteiger partial charge in [-0.05, 0) is 25.1 Å². The minimum absolute atomic E-state index is 0.0610. The zero-order chi connectivity index (χ0) is 14.3. The number of carbonyl (C=O) groups is 1. The second kappa shape index (κ2) is 7.62. The summed E-state index contributed by atoms with van der Waals surface area (Å²) >= 11 is 5.85. The molecular weight excluding hydrogens is 266 g/mol. The average molecular weight is 282 g/mol. The van der Waals surface area contributed by atoms with Gasteiger partial charge in [0.2, 0.25) is 5.91 Å². The predicted molar refractivity (Wildman–Crippen MR) is 74.1 cm³/mol. The first kappa shape index (κ1) is 15.3. The van der Waals surface area contributed by atoms with E-state index in [1.54, 1.807) is 25.3 Å². The molecule has 5 nitrogen and oxygen atoms in total. The molecule has 1 aromatic carbocycles. The minimum atomic E-state index is -0.173. The Morgan fingerprint density at radius 2 is 2.32 bits per heavy atom. The van der Waals surface area contributed by atoms with Crippen molar-refractivity contribution in [1.29, 1.82) is 5.26 Å².